The first-order valence-corrected chi connectivity index (χ1v) is 8.21. The maximum absolute atomic E-state index is 11.9. The second-order valence-electron chi connectivity index (χ2n) is 5.20. The predicted molar refractivity (Wildman–Crippen MR) is 91.6 cm³/mol. The van der Waals surface area contributed by atoms with Crippen molar-refractivity contribution in [1.29, 1.82) is 0 Å². The van der Waals surface area contributed by atoms with Gasteiger partial charge < -0.3 is 10.1 Å². The highest BCUT2D eigenvalue weighted by atomic mass is 32.1. The van der Waals surface area contributed by atoms with Crippen molar-refractivity contribution >= 4 is 23.3 Å². The number of thiophene rings is 1. The minimum atomic E-state index is -0.0898. The predicted octanol–water partition coefficient (Wildman–Crippen LogP) is 4.00. The summed E-state index contributed by atoms with van der Waals surface area (Å²) < 4.78 is 5.65. The third kappa shape index (κ3) is 5.47. The van der Waals surface area contributed by atoms with Crippen LogP contribution in [0.3, 0.4) is 0 Å². The van der Waals surface area contributed by atoms with Crippen LogP contribution in [0.1, 0.15) is 29.9 Å². The van der Waals surface area contributed by atoms with E-state index in [4.69, 9.17) is 4.74 Å². The Morgan fingerprint density at radius 3 is 2.68 bits per heavy atom. The van der Waals surface area contributed by atoms with Crippen LogP contribution in [0.2, 0.25) is 0 Å². The van der Waals surface area contributed by atoms with Crippen LogP contribution in [-0.4, -0.2) is 12.0 Å². The largest absolute Gasteiger partial charge is 0.374 e. The standard InChI is InChI=1S/C18H21NO2S/c1-14(2)21-13-16-7-4-3-6-15(16)12-19-18(20)10-9-17-8-5-11-22-17/h3-11,14H,12-13H2,1-2H3,(H,19,20)/b10-9+. The van der Waals surface area contributed by atoms with Gasteiger partial charge in [0.2, 0.25) is 5.91 Å². The molecule has 0 bridgehead atoms. The topological polar surface area (TPSA) is 38.3 Å². The third-order valence-electron chi connectivity index (χ3n) is 3.09. The van der Waals surface area contributed by atoms with Crippen molar-refractivity contribution in [1.82, 2.24) is 5.32 Å². The molecule has 3 nitrogen and oxygen atoms in total. The molecule has 22 heavy (non-hydrogen) atoms. The van der Waals surface area contributed by atoms with Crippen molar-refractivity contribution in [2.45, 2.75) is 33.1 Å². The summed E-state index contributed by atoms with van der Waals surface area (Å²) in [4.78, 5) is 12.9. The number of benzene rings is 1. The molecule has 0 saturated carbocycles. The number of carbonyl (C=O) groups is 1. The van der Waals surface area contributed by atoms with Crippen molar-refractivity contribution in [3.05, 3.63) is 63.9 Å². The molecule has 0 aliphatic heterocycles. The van der Waals surface area contributed by atoms with Crippen LogP contribution in [0.15, 0.2) is 47.9 Å². The molecular formula is C18H21NO2S. The van der Waals surface area contributed by atoms with E-state index in [2.05, 4.69) is 5.32 Å². The minimum absolute atomic E-state index is 0.0898. The van der Waals surface area contributed by atoms with Crippen molar-refractivity contribution in [3.63, 3.8) is 0 Å². The zero-order valence-corrected chi connectivity index (χ0v) is 13.7. The Morgan fingerprint density at radius 2 is 2.00 bits per heavy atom. The van der Waals surface area contributed by atoms with Crippen LogP contribution in [0.4, 0.5) is 0 Å². The van der Waals surface area contributed by atoms with Gasteiger partial charge in [0.25, 0.3) is 0 Å². The fraction of sp³-hybridized carbons (Fsp3) is 0.278. The van der Waals surface area contributed by atoms with E-state index in [0.717, 1.165) is 16.0 Å². The quantitative estimate of drug-likeness (QED) is 0.784. The molecule has 116 valence electrons. The van der Waals surface area contributed by atoms with Crippen molar-refractivity contribution < 1.29 is 9.53 Å². The summed E-state index contributed by atoms with van der Waals surface area (Å²) in [5.74, 6) is -0.0898. The summed E-state index contributed by atoms with van der Waals surface area (Å²) in [7, 11) is 0. The van der Waals surface area contributed by atoms with E-state index in [9.17, 15) is 4.79 Å². The molecule has 0 fully saturated rings. The summed E-state index contributed by atoms with van der Waals surface area (Å²) in [6, 6.07) is 12.0. The Balaban J connectivity index is 1.89. The first kappa shape index (κ1) is 16.5. The van der Waals surface area contributed by atoms with Gasteiger partial charge in [-0.15, -0.1) is 11.3 Å². The second kappa shape index (κ2) is 8.51. The Kier molecular flexibility index (Phi) is 6.37. The monoisotopic (exact) mass is 315 g/mol. The molecule has 4 heteroatoms. The number of hydrogen-bond acceptors (Lipinski definition) is 3. The zero-order valence-electron chi connectivity index (χ0n) is 12.9. The summed E-state index contributed by atoms with van der Waals surface area (Å²) in [6.45, 7) is 5.10. The van der Waals surface area contributed by atoms with E-state index in [-0.39, 0.29) is 12.0 Å². The fourth-order valence-electron chi connectivity index (χ4n) is 1.91. The van der Waals surface area contributed by atoms with Gasteiger partial charge in [0.15, 0.2) is 0 Å². The van der Waals surface area contributed by atoms with Gasteiger partial charge in [0, 0.05) is 17.5 Å². The smallest absolute Gasteiger partial charge is 0.244 e. The Bertz CT molecular complexity index is 618. The Hall–Kier alpha value is -1.91. The number of rotatable bonds is 7. The SMILES string of the molecule is CC(C)OCc1ccccc1CNC(=O)/C=C/c1cccs1. The lowest BCUT2D eigenvalue weighted by Gasteiger charge is -2.12. The summed E-state index contributed by atoms with van der Waals surface area (Å²) in [5, 5.41) is 4.90. The molecule has 2 rings (SSSR count). The first-order chi connectivity index (χ1) is 10.6. The highest BCUT2D eigenvalue weighted by Gasteiger charge is 2.04. The van der Waals surface area contributed by atoms with Crippen molar-refractivity contribution in [3.8, 4) is 0 Å². The van der Waals surface area contributed by atoms with E-state index in [1.807, 2.05) is 61.7 Å². The van der Waals surface area contributed by atoms with Crippen molar-refractivity contribution in [2.75, 3.05) is 0 Å². The lowest BCUT2D eigenvalue weighted by atomic mass is 10.1. The van der Waals surface area contributed by atoms with Gasteiger partial charge >= 0.3 is 0 Å². The molecule has 1 amide bonds. The van der Waals surface area contributed by atoms with Gasteiger partial charge in [0.1, 0.15) is 0 Å². The maximum Gasteiger partial charge on any atom is 0.244 e. The third-order valence-corrected chi connectivity index (χ3v) is 3.92. The second-order valence-corrected chi connectivity index (χ2v) is 6.17. The van der Waals surface area contributed by atoms with E-state index in [0.29, 0.717) is 13.2 Å². The van der Waals surface area contributed by atoms with Crippen LogP contribution >= 0.6 is 11.3 Å². The number of ether oxygens (including phenoxy) is 1. The molecule has 0 atom stereocenters. The number of nitrogens with one attached hydrogen (secondary N) is 1. The van der Waals surface area contributed by atoms with Crippen LogP contribution in [0, 0.1) is 0 Å². The van der Waals surface area contributed by atoms with Gasteiger partial charge in [-0.2, -0.15) is 0 Å². The summed E-state index contributed by atoms with van der Waals surface area (Å²) in [6.07, 6.45) is 3.59. The van der Waals surface area contributed by atoms with Crippen LogP contribution in [0.25, 0.3) is 6.08 Å². The molecule has 0 unspecified atom stereocenters. The average molecular weight is 315 g/mol. The molecule has 0 aliphatic carbocycles. The average Bonchev–Trinajstić information content (AvgIpc) is 3.03. The highest BCUT2D eigenvalue weighted by Crippen LogP contribution is 2.12. The molecule has 1 heterocycles. The van der Waals surface area contributed by atoms with Gasteiger partial charge in [-0.3, -0.25) is 4.79 Å². The molecule has 0 radical (unpaired) electrons. The van der Waals surface area contributed by atoms with Crippen LogP contribution in [0.5, 0.6) is 0 Å². The number of carbonyl (C=O) groups excluding carboxylic acids is 1. The maximum atomic E-state index is 11.9. The van der Waals surface area contributed by atoms with Crippen molar-refractivity contribution in [2.24, 2.45) is 0 Å². The summed E-state index contributed by atoms with van der Waals surface area (Å²) >= 11 is 1.61. The molecule has 0 spiro atoms. The highest BCUT2D eigenvalue weighted by molar-refractivity contribution is 7.10. The van der Waals surface area contributed by atoms with E-state index < -0.39 is 0 Å². The first-order valence-electron chi connectivity index (χ1n) is 7.33. The van der Waals surface area contributed by atoms with Crippen LogP contribution < -0.4 is 5.32 Å². The lowest BCUT2D eigenvalue weighted by Crippen LogP contribution is -2.21. The number of hydrogen-bond donors (Lipinski definition) is 1. The van der Waals surface area contributed by atoms with Gasteiger partial charge in [0.05, 0.1) is 12.7 Å². The minimum Gasteiger partial charge on any atom is -0.374 e. The Labute approximate surface area is 135 Å². The van der Waals surface area contributed by atoms with Gasteiger partial charge in [-0.25, -0.2) is 0 Å². The molecular weight excluding hydrogens is 294 g/mol. The number of amides is 1. The molecule has 1 aromatic carbocycles. The van der Waals surface area contributed by atoms with E-state index in [1.54, 1.807) is 17.4 Å². The molecule has 0 saturated heterocycles. The Morgan fingerprint density at radius 1 is 1.23 bits per heavy atom. The van der Waals surface area contributed by atoms with Gasteiger partial charge in [-0.1, -0.05) is 30.3 Å². The normalized spacial score (nSPS) is 11.2. The fourth-order valence-corrected chi connectivity index (χ4v) is 2.53. The summed E-state index contributed by atoms with van der Waals surface area (Å²) in [5.41, 5.74) is 2.19. The lowest BCUT2D eigenvalue weighted by molar-refractivity contribution is -0.116. The van der Waals surface area contributed by atoms with E-state index in [1.165, 1.54) is 0 Å². The molecule has 2 aromatic rings. The van der Waals surface area contributed by atoms with E-state index >= 15 is 0 Å². The molecule has 1 aromatic heterocycles. The molecule has 1 N–H and O–H groups in total. The van der Waals surface area contributed by atoms with Crippen LogP contribution in [-0.2, 0) is 22.7 Å². The zero-order chi connectivity index (χ0) is 15.8. The van der Waals surface area contributed by atoms with Gasteiger partial charge in [-0.05, 0) is 42.5 Å². The molecule has 0 aliphatic rings.